The van der Waals surface area contributed by atoms with Crippen molar-refractivity contribution in [1.29, 1.82) is 0 Å². The van der Waals surface area contributed by atoms with Gasteiger partial charge in [0.15, 0.2) is 5.17 Å². The van der Waals surface area contributed by atoms with Gasteiger partial charge >= 0.3 is 6.03 Å². The van der Waals surface area contributed by atoms with Gasteiger partial charge in [0.1, 0.15) is 22.9 Å². The minimum absolute atomic E-state index is 0.181. The van der Waals surface area contributed by atoms with Crippen LogP contribution in [0.1, 0.15) is 23.5 Å². The molecule has 1 saturated heterocycles. The molecule has 4 aromatic rings. The van der Waals surface area contributed by atoms with Gasteiger partial charge in [0, 0.05) is 11.4 Å². The highest BCUT2D eigenvalue weighted by Crippen LogP contribution is 2.41. The lowest BCUT2D eigenvalue weighted by molar-refractivity contribution is -0.126. The number of benzene rings is 3. The Labute approximate surface area is 239 Å². The molecule has 0 bridgehead atoms. The lowest BCUT2D eigenvalue weighted by atomic mass is 10.1. The number of urea groups is 1. The number of nitrogens with zero attached hydrogens (tertiary/aromatic N) is 2. The molecule has 0 radical (unpaired) electrons. The number of rotatable bonds is 8. The number of aliphatic imine (C=N–C) groups is 1. The Hall–Kier alpha value is -4.90. The molecule has 1 unspecified atom stereocenters. The summed E-state index contributed by atoms with van der Waals surface area (Å²) in [5.41, 5.74) is 2.22. The largest absolute Gasteiger partial charge is 0.467 e. The normalized spacial score (nSPS) is 16.4. The Morgan fingerprint density at radius 1 is 0.976 bits per heavy atom. The fraction of sp³-hybridized carbons (Fsp3) is 0.133. The quantitative estimate of drug-likeness (QED) is 0.237. The molecular weight excluding hydrogens is 545 g/mol. The van der Waals surface area contributed by atoms with Crippen LogP contribution in [-0.4, -0.2) is 34.0 Å². The van der Waals surface area contributed by atoms with Crippen molar-refractivity contribution in [1.82, 2.24) is 10.2 Å². The minimum Gasteiger partial charge on any atom is -0.467 e. The van der Waals surface area contributed by atoms with Gasteiger partial charge in [-0.2, -0.15) is 0 Å². The smallest absolute Gasteiger partial charge is 0.319 e. The van der Waals surface area contributed by atoms with Crippen LogP contribution in [0.5, 0.6) is 0 Å². The van der Waals surface area contributed by atoms with Crippen molar-refractivity contribution >= 4 is 51.8 Å². The Balaban J connectivity index is 1.25. The maximum absolute atomic E-state index is 13.8. The topological polar surface area (TPSA) is 116 Å². The molecule has 1 aromatic heterocycles. The highest BCUT2D eigenvalue weighted by atomic mass is 32.2. The van der Waals surface area contributed by atoms with Crippen molar-refractivity contribution in [3.8, 4) is 0 Å². The Kier molecular flexibility index (Phi) is 8.44. The number of carbonyl (C=O) groups excluding carboxylic acids is 3. The van der Waals surface area contributed by atoms with Crippen molar-refractivity contribution in [2.24, 2.45) is 4.99 Å². The van der Waals surface area contributed by atoms with Gasteiger partial charge in [-0.1, -0.05) is 48.2 Å². The van der Waals surface area contributed by atoms with Crippen LogP contribution in [0.3, 0.4) is 0 Å². The van der Waals surface area contributed by atoms with Crippen LogP contribution in [0.15, 0.2) is 107 Å². The lowest BCUT2D eigenvalue weighted by Gasteiger charge is -2.16. The zero-order chi connectivity index (χ0) is 28.8. The number of nitrogens with one attached hydrogen (secondary N) is 3. The summed E-state index contributed by atoms with van der Waals surface area (Å²) in [5.74, 6) is -0.430. The second kappa shape index (κ2) is 12.5. The fourth-order valence-corrected chi connectivity index (χ4v) is 5.23. The fourth-order valence-electron chi connectivity index (χ4n) is 4.06. The molecule has 41 heavy (non-hydrogen) atoms. The number of halogens is 1. The summed E-state index contributed by atoms with van der Waals surface area (Å²) < 4.78 is 19.2. The summed E-state index contributed by atoms with van der Waals surface area (Å²) in [6.45, 7) is 1.76. The van der Waals surface area contributed by atoms with Gasteiger partial charge in [0.05, 0.1) is 18.5 Å². The maximum atomic E-state index is 13.8. The van der Waals surface area contributed by atoms with Gasteiger partial charge in [-0.25, -0.2) is 14.2 Å². The summed E-state index contributed by atoms with van der Waals surface area (Å²) in [5, 5.41) is 7.87. The van der Waals surface area contributed by atoms with Crippen LogP contribution in [-0.2, 0) is 16.1 Å². The molecule has 1 aliphatic heterocycles. The van der Waals surface area contributed by atoms with Gasteiger partial charge in [0.25, 0.3) is 0 Å². The third kappa shape index (κ3) is 7.00. The molecule has 0 saturated carbocycles. The second-order valence-electron chi connectivity index (χ2n) is 9.17. The van der Waals surface area contributed by atoms with Crippen molar-refractivity contribution < 1.29 is 23.2 Å². The number of amidine groups is 1. The molecule has 1 aliphatic rings. The standard InChI is InChI=1S/C30H26FN5O4S/c1-19(32-29(39)34-22-8-3-2-4-9-22)27(37)33-23-14-12-20(13-15-23)26-28(38)36(18-25-11-6-16-40-25)30(41-26)35-24-10-5-7-21(31)17-24/h2-17,19,26H,18H2,1H3,(H,33,37)(H2,32,34,39)/b35-30-/t19-,26?/m0/s1. The molecule has 5 rings (SSSR count). The molecule has 0 aliphatic carbocycles. The first kappa shape index (κ1) is 27.7. The van der Waals surface area contributed by atoms with E-state index >= 15 is 0 Å². The van der Waals surface area contributed by atoms with E-state index in [2.05, 4.69) is 20.9 Å². The molecule has 3 aromatic carbocycles. The monoisotopic (exact) mass is 571 g/mol. The molecule has 4 amide bonds. The van der Waals surface area contributed by atoms with Gasteiger partial charge in [-0.05, 0) is 67.1 Å². The molecule has 11 heteroatoms. The van der Waals surface area contributed by atoms with E-state index in [9.17, 15) is 18.8 Å². The molecule has 0 spiro atoms. The SMILES string of the molecule is C[C@H](NC(=O)Nc1ccccc1)C(=O)Nc1ccc(C2S/C(=N\c3cccc(F)c3)N(Cc3ccco3)C2=O)cc1. The Bertz CT molecular complexity index is 1560. The maximum Gasteiger partial charge on any atom is 0.319 e. The third-order valence-corrected chi connectivity index (χ3v) is 7.36. The highest BCUT2D eigenvalue weighted by Gasteiger charge is 2.39. The van der Waals surface area contributed by atoms with Crippen LogP contribution in [0.25, 0.3) is 0 Å². The molecule has 9 nitrogen and oxygen atoms in total. The van der Waals surface area contributed by atoms with E-state index in [1.165, 1.54) is 35.1 Å². The third-order valence-electron chi connectivity index (χ3n) is 6.12. The molecule has 2 heterocycles. The van der Waals surface area contributed by atoms with Crippen molar-refractivity contribution in [2.45, 2.75) is 24.8 Å². The number of para-hydroxylation sites is 1. The van der Waals surface area contributed by atoms with E-state index in [-0.39, 0.29) is 12.5 Å². The molecule has 1 fully saturated rings. The minimum atomic E-state index is -0.804. The number of amides is 4. The van der Waals surface area contributed by atoms with Crippen LogP contribution in [0, 0.1) is 5.82 Å². The van der Waals surface area contributed by atoms with Crippen LogP contribution < -0.4 is 16.0 Å². The van der Waals surface area contributed by atoms with E-state index in [1.807, 2.05) is 6.07 Å². The van der Waals surface area contributed by atoms with Gasteiger partial charge in [-0.3, -0.25) is 14.5 Å². The average molecular weight is 572 g/mol. The molecule has 208 valence electrons. The summed E-state index contributed by atoms with van der Waals surface area (Å²) in [4.78, 5) is 44.4. The predicted molar refractivity (Wildman–Crippen MR) is 156 cm³/mol. The van der Waals surface area contributed by atoms with E-state index in [0.29, 0.717) is 33.6 Å². The molecular formula is C30H26FN5O4S. The predicted octanol–water partition coefficient (Wildman–Crippen LogP) is 6.07. The van der Waals surface area contributed by atoms with Gasteiger partial charge in [0.2, 0.25) is 11.8 Å². The first-order valence-corrected chi connectivity index (χ1v) is 13.6. The van der Waals surface area contributed by atoms with E-state index in [1.54, 1.807) is 79.7 Å². The summed E-state index contributed by atoms with van der Waals surface area (Å²) >= 11 is 1.26. The number of furan rings is 1. The van der Waals surface area contributed by atoms with Crippen LogP contribution >= 0.6 is 11.8 Å². The molecule has 2 atom stereocenters. The second-order valence-corrected chi connectivity index (χ2v) is 10.2. The number of anilines is 2. The number of hydrogen-bond acceptors (Lipinski definition) is 6. The molecule has 3 N–H and O–H groups in total. The van der Waals surface area contributed by atoms with E-state index in [4.69, 9.17) is 4.42 Å². The Morgan fingerprint density at radius 2 is 1.73 bits per heavy atom. The highest BCUT2D eigenvalue weighted by molar-refractivity contribution is 8.15. The van der Waals surface area contributed by atoms with E-state index in [0.717, 1.165) is 0 Å². The van der Waals surface area contributed by atoms with Crippen molar-refractivity contribution in [3.05, 3.63) is 114 Å². The Morgan fingerprint density at radius 3 is 2.44 bits per heavy atom. The zero-order valence-electron chi connectivity index (χ0n) is 21.9. The van der Waals surface area contributed by atoms with Crippen molar-refractivity contribution in [3.63, 3.8) is 0 Å². The van der Waals surface area contributed by atoms with Crippen LogP contribution in [0.4, 0.5) is 26.2 Å². The number of carbonyl (C=O) groups is 3. The summed E-state index contributed by atoms with van der Waals surface area (Å²) in [6.07, 6.45) is 1.53. The first-order valence-electron chi connectivity index (χ1n) is 12.7. The number of thioether (sulfide) groups is 1. The van der Waals surface area contributed by atoms with Crippen molar-refractivity contribution in [2.75, 3.05) is 10.6 Å². The van der Waals surface area contributed by atoms with Gasteiger partial charge < -0.3 is 20.4 Å². The van der Waals surface area contributed by atoms with Gasteiger partial charge in [-0.15, -0.1) is 0 Å². The number of hydrogen-bond donors (Lipinski definition) is 3. The summed E-state index contributed by atoms with van der Waals surface area (Å²) in [7, 11) is 0. The first-order chi connectivity index (χ1) is 19.9. The van der Waals surface area contributed by atoms with Crippen LogP contribution in [0.2, 0.25) is 0 Å². The average Bonchev–Trinajstić information content (AvgIpc) is 3.58. The lowest BCUT2D eigenvalue weighted by Crippen LogP contribution is -2.43. The van der Waals surface area contributed by atoms with E-state index < -0.39 is 29.0 Å². The summed E-state index contributed by atoms with van der Waals surface area (Å²) in [6, 6.07) is 23.8. The zero-order valence-corrected chi connectivity index (χ0v) is 22.7.